The molecule has 0 bridgehead atoms. The SMILES string of the molecule is NC(=O)NCCC[C@H](NC(=O)OCC1c2ccccc2-c2ccccc21)C(=O)Nc1cc(F)c(CO)c(F)c1. The number of ether oxygens (including phenoxy) is 1. The molecule has 39 heavy (non-hydrogen) atoms. The van der Waals surface area contributed by atoms with Gasteiger partial charge in [-0.2, -0.15) is 0 Å². The fraction of sp³-hybridized carbons (Fsp3) is 0.250. The number of nitrogens with one attached hydrogen (secondary N) is 3. The molecular weight excluding hydrogens is 510 g/mol. The van der Waals surface area contributed by atoms with E-state index in [-0.39, 0.29) is 37.6 Å². The second-order valence-electron chi connectivity index (χ2n) is 9.02. The molecule has 0 spiro atoms. The second-order valence-corrected chi connectivity index (χ2v) is 9.02. The number of carbonyl (C=O) groups is 3. The van der Waals surface area contributed by atoms with Crippen molar-refractivity contribution in [2.24, 2.45) is 5.73 Å². The van der Waals surface area contributed by atoms with Crippen molar-refractivity contribution in [1.82, 2.24) is 10.6 Å². The fourth-order valence-electron chi connectivity index (χ4n) is 4.62. The predicted molar refractivity (Wildman–Crippen MR) is 140 cm³/mol. The Morgan fingerprint density at radius 3 is 2.13 bits per heavy atom. The Morgan fingerprint density at radius 1 is 0.974 bits per heavy atom. The first-order valence-electron chi connectivity index (χ1n) is 12.3. The molecule has 1 aliphatic rings. The minimum atomic E-state index is -1.15. The molecule has 9 nitrogen and oxygen atoms in total. The van der Waals surface area contributed by atoms with E-state index < -0.39 is 47.9 Å². The molecule has 1 atom stereocenters. The molecule has 0 saturated carbocycles. The van der Waals surface area contributed by atoms with E-state index in [2.05, 4.69) is 16.0 Å². The Kier molecular flexibility index (Phi) is 8.72. The molecule has 4 amide bonds. The van der Waals surface area contributed by atoms with E-state index in [1.807, 2.05) is 48.5 Å². The third-order valence-corrected chi connectivity index (χ3v) is 6.49. The summed E-state index contributed by atoms with van der Waals surface area (Å²) in [5.41, 5.74) is 8.51. The lowest BCUT2D eigenvalue weighted by Gasteiger charge is -2.20. The highest BCUT2D eigenvalue weighted by atomic mass is 19.1. The number of hydrogen-bond acceptors (Lipinski definition) is 5. The Balaban J connectivity index is 1.43. The van der Waals surface area contributed by atoms with E-state index in [0.717, 1.165) is 34.4 Å². The number of urea groups is 1. The topological polar surface area (TPSA) is 143 Å². The van der Waals surface area contributed by atoms with Crippen molar-refractivity contribution in [2.45, 2.75) is 31.4 Å². The maximum Gasteiger partial charge on any atom is 0.407 e. The van der Waals surface area contributed by atoms with Crippen molar-refractivity contribution in [2.75, 3.05) is 18.5 Å². The average molecular weight is 539 g/mol. The summed E-state index contributed by atoms with van der Waals surface area (Å²) in [5, 5.41) is 16.4. The minimum absolute atomic E-state index is 0.0243. The maximum absolute atomic E-state index is 14.1. The Hall–Kier alpha value is -4.51. The van der Waals surface area contributed by atoms with E-state index in [1.54, 1.807) is 0 Å². The summed E-state index contributed by atoms with van der Waals surface area (Å²) in [7, 11) is 0. The van der Waals surface area contributed by atoms with Gasteiger partial charge < -0.3 is 31.5 Å². The van der Waals surface area contributed by atoms with Crippen molar-refractivity contribution >= 4 is 23.7 Å². The summed E-state index contributed by atoms with van der Waals surface area (Å²) in [6, 6.07) is 15.5. The van der Waals surface area contributed by atoms with E-state index in [1.165, 1.54) is 0 Å². The number of alkyl carbamates (subject to hydrolysis) is 1. The van der Waals surface area contributed by atoms with Crippen LogP contribution in [-0.4, -0.2) is 42.3 Å². The number of fused-ring (bicyclic) bond motifs is 3. The molecular formula is C28H28F2N4O5. The van der Waals surface area contributed by atoms with Crippen LogP contribution < -0.4 is 21.7 Å². The molecule has 3 aromatic carbocycles. The average Bonchev–Trinajstić information content (AvgIpc) is 3.22. The zero-order chi connectivity index (χ0) is 27.9. The molecule has 0 aromatic heterocycles. The molecule has 0 saturated heterocycles. The van der Waals surface area contributed by atoms with Crippen LogP contribution in [0.3, 0.4) is 0 Å². The van der Waals surface area contributed by atoms with Gasteiger partial charge in [0.25, 0.3) is 0 Å². The number of nitrogens with two attached hydrogens (primary N) is 1. The molecule has 0 aliphatic heterocycles. The number of primary amides is 1. The number of amides is 4. The molecule has 0 radical (unpaired) electrons. The van der Waals surface area contributed by atoms with Crippen molar-refractivity contribution < 1.29 is 33.0 Å². The van der Waals surface area contributed by atoms with Crippen molar-refractivity contribution in [3.63, 3.8) is 0 Å². The van der Waals surface area contributed by atoms with Gasteiger partial charge >= 0.3 is 12.1 Å². The van der Waals surface area contributed by atoms with E-state index in [9.17, 15) is 23.2 Å². The van der Waals surface area contributed by atoms with Crippen LogP contribution in [0.4, 0.5) is 24.1 Å². The molecule has 6 N–H and O–H groups in total. The normalized spacial score (nSPS) is 12.7. The first-order valence-corrected chi connectivity index (χ1v) is 12.3. The number of hydrogen-bond donors (Lipinski definition) is 5. The highest BCUT2D eigenvalue weighted by molar-refractivity contribution is 5.96. The van der Waals surface area contributed by atoms with Crippen LogP contribution in [0.15, 0.2) is 60.7 Å². The molecule has 0 unspecified atom stereocenters. The Labute approximate surface area is 223 Å². The molecule has 4 rings (SSSR count). The van der Waals surface area contributed by atoms with Gasteiger partial charge in [-0.1, -0.05) is 48.5 Å². The number of rotatable bonds is 10. The third-order valence-electron chi connectivity index (χ3n) is 6.49. The molecule has 204 valence electrons. The number of aliphatic hydroxyl groups excluding tert-OH is 1. The van der Waals surface area contributed by atoms with Crippen LogP contribution >= 0.6 is 0 Å². The van der Waals surface area contributed by atoms with Crippen LogP contribution in [0.2, 0.25) is 0 Å². The first kappa shape index (κ1) is 27.5. The summed E-state index contributed by atoms with van der Waals surface area (Å²) >= 11 is 0. The maximum atomic E-state index is 14.1. The van der Waals surface area contributed by atoms with Gasteiger partial charge in [0.05, 0.1) is 6.61 Å². The van der Waals surface area contributed by atoms with Gasteiger partial charge in [0, 0.05) is 23.7 Å². The lowest BCUT2D eigenvalue weighted by atomic mass is 9.98. The molecule has 0 fully saturated rings. The van der Waals surface area contributed by atoms with Gasteiger partial charge in [-0.3, -0.25) is 4.79 Å². The van der Waals surface area contributed by atoms with Crippen LogP contribution in [0, 0.1) is 11.6 Å². The minimum Gasteiger partial charge on any atom is -0.449 e. The monoisotopic (exact) mass is 538 g/mol. The smallest absolute Gasteiger partial charge is 0.407 e. The quantitative estimate of drug-likeness (QED) is 0.250. The summed E-state index contributed by atoms with van der Waals surface area (Å²) in [5.74, 6) is -3.00. The number of halogens is 2. The number of carbonyl (C=O) groups excluding carboxylic acids is 3. The number of anilines is 1. The number of aliphatic hydroxyl groups is 1. The van der Waals surface area contributed by atoms with E-state index >= 15 is 0 Å². The highest BCUT2D eigenvalue weighted by Gasteiger charge is 2.30. The standard InChI is InChI=1S/C28H28F2N4O5/c29-23-12-16(13-24(30)21(23)14-35)33-26(36)25(10-5-11-32-27(31)37)34-28(38)39-15-22-19-8-3-1-6-17(19)18-7-2-4-9-20(18)22/h1-4,6-9,12-13,22,25,35H,5,10-11,14-15H2,(H,33,36)(H,34,38)(H3,31,32,37)/t25-/m0/s1. The lowest BCUT2D eigenvalue weighted by Crippen LogP contribution is -2.44. The summed E-state index contributed by atoms with van der Waals surface area (Å²) < 4.78 is 33.6. The van der Waals surface area contributed by atoms with Crippen LogP contribution in [0.5, 0.6) is 0 Å². The summed E-state index contributed by atoms with van der Waals surface area (Å²) in [6.45, 7) is -0.679. The zero-order valence-corrected chi connectivity index (χ0v) is 20.9. The highest BCUT2D eigenvalue weighted by Crippen LogP contribution is 2.44. The van der Waals surface area contributed by atoms with Gasteiger partial charge in [0.1, 0.15) is 24.3 Å². The lowest BCUT2D eigenvalue weighted by molar-refractivity contribution is -0.118. The molecule has 11 heteroatoms. The molecule has 3 aromatic rings. The Bertz CT molecular complexity index is 1320. The van der Waals surface area contributed by atoms with Crippen molar-refractivity contribution in [3.05, 3.63) is 89.0 Å². The second kappa shape index (κ2) is 12.4. The van der Waals surface area contributed by atoms with E-state index in [4.69, 9.17) is 15.6 Å². The van der Waals surface area contributed by atoms with E-state index in [0.29, 0.717) is 0 Å². The van der Waals surface area contributed by atoms with Crippen molar-refractivity contribution in [1.29, 1.82) is 0 Å². The largest absolute Gasteiger partial charge is 0.449 e. The number of benzene rings is 3. The Morgan fingerprint density at radius 2 is 1.56 bits per heavy atom. The molecule has 0 heterocycles. The van der Waals surface area contributed by atoms with Gasteiger partial charge in [0.15, 0.2) is 0 Å². The summed E-state index contributed by atoms with van der Waals surface area (Å²) in [6.07, 6.45) is -0.528. The third kappa shape index (κ3) is 6.50. The van der Waals surface area contributed by atoms with Gasteiger partial charge in [0.2, 0.25) is 5.91 Å². The van der Waals surface area contributed by atoms with Gasteiger partial charge in [-0.25, -0.2) is 18.4 Å². The predicted octanol–water partition coefficient (Wildman–Crippen LogP) is 3.75. The van der Waals surface area contributed by atoms with Crippen molar-refractivity contribution in [3.8, 4) is 11.1 Å². The van der Waals surface area contributed by atoms with Gasteiger partial charge in [-0.15, -0.1) is 0 Å². The molecule has 1 aliphatic carbocycles. The van der Waals surface area contributed by atoms with Gasteiger partial charge in [-0.05, 0) is 47.2 Å². The van der Waals surface area contributed by atoms with Crippen LogP contribution in [0.1, 0.15) is 35.4 Å². The zero-order valence-electron chi connectivity index (χ0n) is 20.9. The first-order chi connectivity index (χ1) is 18.8. The van der Waals surface area contributed by atoms with Crippen LogP contribution in [0.25, 0.3) is 11.1 Å². The fourth-order valence-corrected chi connectivity index (χ4v) is 4.62. The summed E-state index contributed by atoms with van der Waals surface area (Å²) in [4.78, 5) is 36.7. The van der Waals surface area contributed by atoms with Crippen LogP contribution in [-0.2, 0) is 16.1 Å².